The van der Waals surface area contributed by atoms with Crippen molar-refractivity contribution in [3.05, 3.63) is 35.6 Å². The minimum absolute atomic E-state index is 0.167. The summed E-state index contributed by atoms with van der Waals surface area (Å²) in [5.41, 5.74) is 1.03. The van der Waals surface area contributed by atoms with Gasteiger partial charge in [0.05, 0.1) is 12.7 Å². The first-order valence-electron chi connectivity index (χ1n) is 4.75. The Morgan fingerprint density at radius 1 is 1.36 bits per heavy atom. The van der Waals surface area contributed by atoms with Crippen molar-refractivity contribution in [2.45, 2.75) is 25.7 Å². The summed E-state index contributed by atoms with van der Waals surface area (Å²) in [5.74, 6) is -0.213. The first-order valence-corrected chi connectivity index (χ1v) is 4.75. The smallest absolute Gasteiger partial charge is 0.162 e. The summed E-state index contributed by atoms with van der Waals surface area (Å²) in [5, 5.41) is 0. The fourth-order valence-corrected chi connectivity index (χ4v) is 1.50. The maximum Gasteiger partial charge on any atom is 0.162 e. The lowest BCUT2D eigenvalue weighted by molar-refractivity contribution is -0.0528. The molecule has 2 rings (SSSR count). The Morgan fingerprint density at radius 3 is 2.64 bits per heavy atom. The van der Waals surface area contributed by atoms with Crippen molar-refractivity contribution >= 4 is 0 Å². The van der Waals surface area contributed by atoms with E-state index in [4.69, 9.17) is 9.47 Å². The van der Waals surface area contributed by atoms with Crippen LogP contribution in [-0.2, 0) is 15.9 Å². The van der Waals surface area contributed by atoms with Gasteiger partial charge in [-0.3, -0.25) is 0 Å². The van der Waals surface area contributed by atoms with E-state index >= 15 is 0 Å². The number of ether oxygens (including phenoxy) is 2. The molecule has 1 aromatic rings. The van der Waals surface area contributed by atoms with Crippen molar-refractivity contribution in [2.75, 3.05) is 6.61 Å². The van der Waals surface area contributed by atoms with Crippen molar-refractivity contribution in [1.29, 1.82) is 0 Å². The maximum atomic E-state index is 12.6. The van der Waals surface area contributed by atoms with Crippen molar-refractivity contribution < 1.29 is 13.9 Å². The Balaban J connectivity index is 1.94. The zero-order chi connectivity index (χ0) is 9.97. The molecule has 0 radical (unpaired) electrons. The van der Waals surface area contributed by atoms with E-state index in [9.17, 15) is 4.39 Å². The average Bonchev–Trinajstić information content (AvgIpc) is 2.56. The Hall–Kier alpha value is -0.930. The van der Waals surface area contributed by atoms with E-state index in [1.54, 1.807) is 12.1 Å². The molecule has 0 bridgehead atoms. The lowest BCUT2D eigenvalue weighted by Crippen LogP contribution is -2.12. The molecule has 0 spiro atoms. The summed E-state index contributed by atoms with van der Waals surface area (Å²) in [4.78, 5) is 0. The number of rotatable bonds is 2. The summed E-state index contributed by atoms with van der Waals surface area (Å²) >= 11 is 0. The Kier molecular flexibility index (Phi) is 2.79. The van der Waals surface area contributed by atoms with E-state index in [-0.39, 0.29) is 18.2 Å². The number of hydrogen-bond donors (Lipinski definition) is 0. The van der Waals surface area contributed by atoms with Gasteiger partial charge >= 0.3 is 0 Å². The van der Waals surface area contributed by atoms with Crippen LogP contribution < -0.4 is 0 Å². The first kappa shape index (κ1) is 9.62. The largest absolute Gasteiger partial charge is 0.350 e. The molecule has 14 heavy (non-hydrogen) atoms. The number of hydrogen-bond acceptors (Lipinski definition) is 2. The van der Waals surface area contributed by atoms with Gasteiger partial charge in [-0.15, -0.1) is 0 Å². The molecule has 76 valence electrons. The van der Waals surface area contributed by atoms with Gasteiger partial charge < -0.3 is 9.47 Å². The van der Waals surface area contributed by atoms with E-state index in [0.717, 1.165) is 5.56 Å². The van der Waals surface area contributed by atoms with E-state index in [1.165, 1.54) is 12.1 Å². The molecule has 1 aromatic carbocycles. The Labute approximate surface area is 82.6 Å². The summed E-state index contributed by atoms with van der Waals surface area (Å²) in [7, 11) is 0. The maximum absolute atomic E-state index is 12.6. The van der Waals surface area contributed by atoms with E-state index in [1.807, 2.05) is 6.92 Å². The second-order valence-corrected chi connectivity index (χ2v) is 3.54. The van der Waals surface area contributed by atoms with Crippen LogP contribution in [0.15, 0.2) is 24.3 Å². The van der Waals surface area contributed by atoms with Gasteiger partial charge in [-0.2, -0.15) is 0 Å². The summed E-state index contributed by atoms with van der Waals surface area (Å²) in [6, 6.07) is 6.41. The predicted octanol–water partition coefficient (Wildman–Crippen LogP) is 2.13. The van der Waals surface area contributed by atoms with Gasteiger partial charge in [-0.1, -0.05) is 12.1 Å². The molecule has 3 heteroatoms. The van der Waals surface area contributed by atoms with Crippen LogP contribution in [0.5, 0.6) is 0 Å². The summed E-state index contributed by atoms with van der Waals surface area (Å²) < 4.78 is 23.5. The van der Waals surface area contributed by atoms with Crippen LogP contribution in [0.3, 0.4) is 0 Å². The standard InChI is InChI=1S/C11H13FO2/c1-8-7-13-11(14-8)6-9-2-4-10(12)5-3-9/h2-5,8,11H,6-7H2,1H3. The second kappa shape index (κ2) is 4.07. The van der Waals surface area contributed by atoms with Crippen LogP contribution >= 0.6 is 0 Å². The van der Waals surface area contributed by atoms with E-state index in [2.05, 4.69) is 0 Å². The van der Waals surface area contributed by atoms with E-state index < -0.39 is 0 Å². The van der Waals surface area contributed by atoms with Crippen molar-refractivity contribution in [2.24, 2.45) is 0 Å². The molecular formula is C11H13FO2. The molecule has 0 saturated carbocycles. The average molecular weight is 196 g/mol. The highest BCUT2D eigenvalue weighted by Crippen LogP contribution is 2.16. The zero-order valence-electron chi connectivity index (χ0n) is 8.07. The van der Waals surface area contributed by atoms with Crippen LogP contribution in [0.25, 0.3) is 0 Å². The molecule has 0 N–H and O–H groups in total. The monoisotopic (exact) mass is 196 g/mol. The molecule has 1 aliphatic heterocycles. The van der Waals surface area contributed by atoms with Gasteiger partial charge in [0.1, 0.15) is 5.82 Å². The Morgan fingerprint density at radius 2 is 2.07 bits per heavy atom. The fraction of sp³-hybridized carbons (Fsp3) is 0.455. The summed E-state index contributed by atoms with van der Waals surface area (Å²) in [6.45, 7) is 2.62. The van der Waals surface area contributed by atoms with Gasteiger partial charge in [-0.05, 0) is 24.6 Å². The molecule has 1 heterocycles. The number of benzene rings is 1. The van der Waals surface area contributed by atoms with Crippen LogP contribution in [0.4, 0.5) is 4.39 Å². The molecule has 0 amide bonds. The van der Waals surface area contributed by atoms with E-state index in [0.29, 0.717) is 13.0 Å². The fourth-order valence-electron chi connectivity index (χ4n) is 1.50. The van der Waals surface area contributed by atoms with Gasteiger partial charge in [0.15, 0.2) is 6.29 Å². The zero-order valence-corrected chi connectivity index (χ0v) is 8.07. The van der Waals surface area contributed by atoms with Crippen molar-refractivity contribution in [3.8, 4) is 0 Å². The third-order valence-electron chi connectivity index (χ3n) is 2.22. The van der Waals surface area contributed by atoms with Crippen molar-refractivity contribution in [3.63, 3.8) is 0 Å². The van der Waals surface area contributed by atoms with Crippen LogP contribution in [0.2, 0.25) is 0 Å². The van der Waals surface area contributed by atoms with Crippen LogP contribution in [0.1, 0.15) is 12.5 Å². The highest BCUT2D eigenvalue weighted by atomic mass is 19.1. The lowest BCUT2D eigenvalue weighted by atomic mass is 10.1. The molecule has 2 atom stereocenters. The molecular weight excluding hydrogens is 183 g/mol. The molecule has 2 nitrogen and oxygen atoms in total. The highest BCUT2D eigenvalue weighted by Gasteiger charge is 2.22. The van der Waals surface area contributed by atoms with Gasteiger partial charge in [-0.25, -0.2) is 4.39 Å². The van der Waals surface area contributed by atoms with Crippen LogP contribution in [-0.4, -0.2) is 19.0 Å². The topological polar surface area (TPSA) is 18.5 Å². The van der Waals surface area contributed by atoms with Crippen LogP contribution in [0, 0.1) is 5.82 Å². The number of halogens is 1. The lowest BCUT2D eigenvalue weighted by Gasteiger charge is -2.09. The van der Waals surface area contributed by atoms with Crippen molar-refractivity contribution in [1.82, 2.24) is 0 Å². The first-order chi connectivity index (χ1) is 6.74. The Bertz CT molecular complexity index is 297. The predicted molar refractivity (Wildman–Crippen MR) is 50.4 cm³/mol. The molecule has 1 saturated heterocycles. The third kappa shape index (κ3) is 2.30. The normalized spacial score (nSPS) is 26.7. The second-order valence-electron chi connectivity index (χ2n) is 3.54. The molecule has 1 aliphatic rings. The SMILES string of the molecule is CC1COC(Cc2ccc(F)cc2)O1. The quantitative estimate of drug-likeness (QED) is 0.721. The minimum atomic E-state index is -0.213. The minimum Gasteiger partial charge on any atom is -0.350 e. The summed E-state index contributed by atoms with van der Waals surface area (Å²) in [6.07, 6.45) is 0.681. The highest BCUT2D eigenvalue weighted by molar-refractivity contribution is 5.16. The van der Waals surface area contributed by atoms with Gasteiger partial charge in [0, 0.05) is 6.42 Å². The third-order valence-corrected chi connectivity index (χ3v) is 2.22. The molecule has 0 aromatic heterocycles. The van der Waals surface area contributed by atoms with Gasteiger partial charge in [0.25, 0.3) is 0 Å². The molecule has 2 unspecified atom stereocenters. The molecule has 0 aliphatic carbocycles. The molecule has 1 fully saturated rings. The van der Waals surface area contributed by atoms with Gasteiger partial charge in [0.2, 0.25) is 0 Å².